The maximum Gasteiger partial charge on any atom is 0.258 e. The van der Waals surface area contributed by atoms with E-state index in [0.29, 0.717) is 5.75 Å². The van der Waals surface area contributed by atoms with Crippen LogP contribution < -0.4 is 15.4 Å². The van der Waals surface area contributed by atoms with Crippen LogP contribution in [0, 0.1) is 5.92 Å². The third-order valence-corrected chi connectivity index (χ3v) is 3.87. The summed E-state index contributed by atoms with van der Waals surface area (Å²) >= 11 is 0. The molecule has 0 aliphatic rings. The van der Waals surface area contributed by atoms with Crippen LogP contribution in [0.1, 0.15) is 32.5 Å². The summed E-state index contributed by atoms with van der Waals surface area (Å²) in [6, 6.07) is 13.7. The average Bonchev–Trinajstić information content (AvgIpc) is 2.65. The van der Waals surface area contributed by atoms with Crippen molar-refractivity contribution in [1.82, 2.24) is 15.6 Å². The molecular formula is C20H25N3O3. The molecule has 2 amide bonds. The monoisotopic (exact) mass is 355 g/mol. The van der Waals surface area contributed by atoms with E-state index in [0.717, 1.165) is 5.69 Å². The van der Waals surface area contributed by atoms with Gasteiger partial charge >= 0.3 is 0 Å². The van der Waals surface area contributed by atoms with Crippen LogP contribution >= 0.6 is 0 Å². The quantitative estimate of drug-likeness (QED) is 0.762. The predicted octanol–water partition coefficient (Wildman–Crippen LogP) is 2.48. The number of pyridine rings is 1. The summed E-state index contributed by atoms with van der Waals surface area (Å²) in [5.74, 6) is -0.0389. The summed E-state index contributed by atoms with van der Waals surface area (Å²) in [4.78, 5) is 29.0. The van der Waals surface area contributed by atoms with Gasteiger partial charge in [-0.3, -0.25) is 14.6 Å². The van der Waals surface area contributed by atoms with E-state index >= 15 is 0 Å². The smallest absolute Gasteiger partial charge is 0.258 e. The summed E-state index contributed by atoms with van der Waals surface area (Å²) in [6.45, 7) is 5.48. The van der Waals surface area contributed by atoms with Crippen molar-refractivity contribution in [3.8, 4) is 5.75 Å². The molecular weight excluding hydrogens is 330 g/mol. The lowest BCUT2D eigenvalue weighted by atomic mass is 10.0. The lowest BCUT2D eigenvalue weighted by molar-refractivity contribution is -0.131. The van der Waals surface area contributed by atoms with E-state index in [1.807, 2.05) is 57.2 Å². The highest BCUT2D eigenvalue weighted by Gasteiger charge is 2.25. The number of hydrogen-bond acceptors (Lipinski definition) is 4. The van der Waals surface area contributed by atoms with Gasteiger partial charge in [0, 0.05) is 6.20 Å². The first-order chi connectivity index (χ1) is 12.5. The first-order valence-electron chi connectivity index (χ1n) is 8.66. The highest BCUT2D eigenvalue weighted by Crippen LogP contribution is 2.11. The Morgan fingerprint density at radius 2 is 1.69 bits per heavy atom. The zero-order valence-electron chi connectivity index (χ0n) is 15.3. The number of nitrogens with zero attached hydrogens (tertiary/aromatic N) is 1. The van der Waals surface area contributed by atoms with Crippen molar-refractivity contribution in [1.29, 1.82) is 0 Å². The molecule has 6 nitrogen and oxygen atoms in total. The molecule has 0 saturated carbocycles. The third-order valence-electron chi connectivity index (χ3n) is 3.87. The van der Waals surface area contributed by atoms with Crippen molar-refractivity contribution in [3.63, 3.8) is 0 Å². The van der Waals surface area contributed by atoms with Crippen LogP contribution in [0.5, 0.6) is 5.75 Å². The van der Waals surface area contributed by atoms with Crippen molar-refractivity contribution < 1.29 is 14.3 Å². The summed E-state index contributed by atoms with van der Waals surface area (Å²) in [6.07, 6.45) is 1.68. The van der Waals surface area contributed by atoms with Gasteiger partial charge in [-0.15, -0.1) is 0 Å². The summed E-state index contributed by atoms with van der Waals surface area (Å²) in [5.41, 5.74) is 0.766. The van der Waals surface area contributed by atoms with Crippen LogP contribution in [0.3, 0.4) is 0 Å². The Morgan fingerprint density at radius 3 is 2.31 bits per heavy atom. The van der Waals surface area contributed by atoms with Gasteiger partial charge in [-0.2, -0.15) is 0 Å². The Balaban J connectivity index is 1.90. The molecule has 0 spiro atoms. The molecule has 138 valence electrons. The van der Waals surface area contributed by atoms with Gasteiger partial charge in [-0.25, -0.2) is 0 Å². The van der Waals surface area contributed by atoms with Crippen LogP contribution in [-0.4, -0.2) is 29.4 Å². The number of rotatable bonds is 8. The molecule has 2 aromatic rings. The first kappa shape index (κ1) is 19.4. The van der Waals surface area contributed by atoms with E-state index in [9.17, 15) is 9.59 Å². The highest BCUT2D eigenvalue weighted by molar-refractivity contribution is 5.88. The van der Waals surface area contributed by atoms with Crippen molar-refractivity contribution in [3.05, 3.63) is 60.4 Å². The Kier molecular flexibility index (Phi) is 7.14. The molecule has 26 heavy (non-hydrogen) atoms. The number of nitrogens with one attached hydrogen (secondary N) is 2. The van der Waals surface area contributed by atoms with Gasteiger partial charge < -0.3 is 15.4 Å². The van der Waals surface area contributed by atoms with Gasteiger partial charge in [-0.1, -0.05) is 38.1 Å². The standard InChI is InChI=1S/C20H25N3O3/c1-14(2)19(20(25)22-15(3)17-11-7-8-12-21-17)23-18(24)13-26-16-9-5-4-6-10-16/h4-12,14-15,19H,13H2,1-3H3,(H,22,25)(H,23,24). The normalized spacial score (nSPS) is 12.9. The summed E-state index contributed by atoms with van der Waals surface area (Å²) < 4.78 is 5.42. The molecule has 2 unspecified atom stereocenters. The number of carbonyl (C=O) groups is 2. The molecule has 2 N–H and O–H groups in total. The molecule has 1 heterocycles. The Bertz CT molecular complexity index is 705. The first-order valence-corrected chi connectivity index (χ1v) is 8.66. The van der Waals surface area contributed by atoms with Gasteiger partial charge in [0.05, 0.1) is 11.7 Å². The Labute approximate surface area is 154 Å². The fourth-order valence-corrected chi connectivity index (χ4v) is 2.42. The molecule has 0 aliphatic carbocycles. The average molecular weight is 355 g/mol. The van der Waals surface area contributed by atoms with E-state index in [2.05, 4.69) is 15.6 Å². The highest BCUT2D eigenvalue weighted by atomic mass is 16.5. The number of ether oxygens (including phenoxy) is 1. The van der Waals surface area contributed by atoms with Gasteiger partial charge in [0.15, 0.2) is 6.61 Å². The largest absolute Gasteiger partial charge is 0.484 e. The molecule has 0 aliphatic heterocycles. The Morgan fingerprint density at radius 1 is 1.00 bits per heavy atom. The Hall–Kier alpha value is -2.89. The molecule has 1 aromatic heterocycles. The molecule has 0 radical (unpaired) electrons. The minimum atomic E-state index is -0.645. The zero-order chi connectivity index (χ0) is 18.9. The van der Waals surface area contributed by atoms with Crippen molar-refractivity contribution in [2.45, 2.75) is 32.9 Å². The van der Waals surface area contributed by atoms with E-state index in [-0.39, 0.29) is 30.4 Å². The molecule has 0 bridgehead atoms. The van der Waals surface area contributed by atoms with Crippen molar-refractivity contribution >= 4 is 11.8 Å². The molecule has 2 atom stereocenters. The van der Waals surface area contributed by atoms with Crippen molar-refractivity contribution in [2.24, 2.45) is 5.92 Å². The predicted molar refractivity (Wildman–Crippen MR) is 99.5 cm³/mol. The van der Waals surface area contributed by atoms with Crippen LogP contribution in [0.15, 0.2) is 54.7 Å². The minimum absolute atomic E-state index is 0.0633. The van der Waals surface area contributed by atoms with E-state index in [4.69, 9.17) is 4.74 Å². The number of hydrogen-bond donors (Lipinski definition) is 2. The van der Waals surface area contributed by atoms with Crippen LogP contribution in [0.2, 0.25) is 0 Å². The van der Waals surface area contributed by atoms with Gasteiger partial charge in [0.1, 0.15) is 11.8 Å². The molecule has 6 heteroatoms. The topological polar surface area (TPSA) is 80.3 Å². The number of para-hydroxylation sites is 1. The second-order valence-electron chi connectivity index (χ2n) is 6.38. The van der Waals surface area contributed by atoms with E-state index < -0.39 is 6.04 Å². The maximum absolute atomic E-state index is 12.6. The molecule has 1 aromatic carbocycles. The second-order valence-corrected chi connectivity index (χ2v) is 6.38. The lowest BCUT2D eigenvalue weighted by Crippen LogP contribution is -2.51. The number of benzene rings is 1. The number of amides is 2. The molecule has 2 rings (SSSR count). The van der Waals surface area contributed by atoms with Crippen LogP contribution in [-0.2, 0) is 9.59 Å². The molecule has 0 saturated heterocycles. The van der Waals surface area contributed by atoms with Crippen molar-refractivity contribution in [2.75, 3.05) is 6.61 Å². The van der Waals surface area contributed by atoms with Gasteiger partial charge in [0.25, 0.3) is 5.91 Å². The zero-order valence-corrected chi connectivity index (χ0v) is 15.3. The van der Waals surface area contributed by atoms with Crippen LogP contribution in [0.25, 0.3) is 0 Å². The van der Waals surface area contributed by atoms with E-state index in [1.165, 1.54) is 0 Å². The second kappa shape index (κ2) is 9.56. The van der Waals surface area contributed by atoms with Gasteiger partial charge in [-0.05, 0) is 37.1 Å². The number of carbonyl (C=O) groups excluding carboxylic acids is 2. The number of aromatic nitrogens is 1. The third kappa shape index (κ3) is 5.88. The lowest BCUT2D eigenvalue weighted by Gasteiger charge is -2.24. The fourth-order valence-electron chi connectivity index (χ4n) is 2.42. The maximum atomic E-state index is 12.6. The van der Waals surface area contributed by atoms with E-state index in [1.54, 1.807) is 18.3 Å². The fraction of sp³-hybridized carbons (Fsp3) is 0.350. The van der Waals surface area contributed by atoms with Gasteiger partial charge in [0.2, 0.25) is 5.91 Å². The van der Waals surface area contributed by atoms with Crippen LogP contribution in [0.4, 0.5) is 0 Å². The molecule has 0 fully saturated rings. The summed E-state index contributed by atoms with van der Waals surface area (Å²) in [5, 5.41) is 5.65. The minimum Gasteiger partial charge on any atom is -0.484 e. The summed E-state index contributed by atoms with van der Waals surface area (Å²) in [7, 11) is 0. The SMILES string of the molecule is CC(NC(=O)C(NC(=O)COc1ccccc1)C(C)C)c1ccccn1.